The number of esters is 1. The summed E-state index contributed by atoms with van der Waals surface area (Å²) in [5.41, 5.74) is 2.48. The molecule has 0 unspecified atom stereocenters. The molecule has 1 aliphatic heterocycles. The topological polar surface area (TPSA) is 42.7 Å². The third kappa shape index (κ3) is 4.20. The van der Waals surface area contributed by atoms with E-state index in [0.717, 1.165) is 50.8 Å². The van der Waals surface area contributed by atoms with Gasteiger partial charge in [-0.3, -0.25) is 9.69 Å². The summed E-state index contributed by atoms with van der Waals surface area (Å²) in [6, 6.07) is 2.81. The highest BCUT2D eigenvalue weighted by Crippen LogP contribution is 2.62. The maximum Gasteiger partial charge on any atom is 0.311 e. The van der Waals surface area contributed by atoms with Crippen molar-refractivity contribution in [3.05, 3.63) is 35.8 Å². The average molecular weight is 442 g/mol. The first-order valence-corrected chi connectivity index (χ1v) is 12.8. The van der Waals surface area contributed by atoms with Crippen LogP contribution in [0.1, 0.15) is 89.9 Å². The Morgan fingerprint density at radius 3 is 2.81 bits per heavy atom. The number of carbonyl (C=O) groups is 1. The van der Waals surface area contributed by atoms with Crippen LogP contribution in [0.15, 0.2) is 28.9 Å². The lowest BCUT2D eigenvalue weighted by Gasteiger charge is -2.57. The van der Waals surface area contributed by atoms with Crippen LogP contribution in [0.25, 0.3) is 0 Å². The molecule has 0 N–H and O–H groups in total. The lowest BCUT2D eigenvalue weighted by molar-refractivity contribution is -0.168. The standard InChI is InChI=1S/C28H43NO3/c1-20-10-13-25-27(3,15-8-16-28(25,4)26(30)31-5)23(20)12-11-22-14-18-32-24(22)19-29-17-7-6-9-21(29)2/h14,18,21,23,25H,1,6-13,15-17,19H2,2-5H3/t21-,23-,25-,27+,28-/m0/s1. The van der Waals surface area contributed by atoms with Gasteiger partial charge in [-0.25, -0.2) is 0 Å². The zero-order valence-electron chi connectivity index (χ0n) is 20.8. The van der Waals surface area contributed by atoms with E-state index in [1.807, 2.05) is 6.26 Å². The molecule has 2 aliphatic carbocycles. The van der Waals surface area contributed by atoms with E-state index in [-0.39, 0.29) is 16.8 Å². The van der Waals surface area contributed by atoms with Crippen LogP contribution in [0.2, 0.25) is 0 Å². The van der Waals surface area contributed by atoms with Gasteiger partial charge in [0.2, 0.25) is 0 Å². The second kappa shape index (κ2) is 9.37. The number of aryl methyl sites for hydroxylation is 1. The number of allylic oxidation sites excluding steroid dienone is 1. The van der Waals surface area contributed by atoms with Crippen LogP contribution in [0.4, 0.5) is 0 Å². The van der Waals surface area contributed by atoms with Crippen LogP contribution >= 0.6 is 0 Å². The molecule has 1 saturated heterocycles. The molecule has 3 fully saturated rings. The van der Waals surface area contributed by atoms with E-state index in [2.05, 4.69) is 38.3 Å². The van der Waals surface area contributed by atoms with Crippen molar-refractivity contribution in [2.75, 3.05) is 13.7 Å². The summed E-state index contributed by atoms with van der Waals surface area (Å²) < 4.78 is 11.3. The van der Waals surface area contributed by atoms with Crippen LogP contribution in [0, 0.1) is 22.7 Å². The highest BCUT2D eigenvalue weighted by atomic mass is 16.5. The van der Waals surface area contributed by atoms with Crippen molar-refractivity contribution in [1.29, 1.82) is 0 Å². The molecular formula is C28H43NO3. The summed E-state index contributed by atoms with van der Waals surface area (Å²) in [6.07, 6.45) is 13.2. The fourth-order valence-corrected chi connectivity index (χ4v) is 7.57. The molecule has 4 heteroatoms. The van der Waals surface area contributed by atoms with Gasteiger partial charge in [-0.05, 0) is 101 Å². The number of methoxy groups -OCH3 is 1. The van der Waals surface area contributed by atoms with Crippen molar-refractivity contribution in [3.63, 3.8) is 0 Å². The third-order valence-electron chi connectivity index (χ3n) is 9.50. The van der Waals surface area contributed by atoms with Crippen LogP contribution in [-0.4, -0.2) is 30.6 Å². The zero-order chi connectivity index (χ0) is 22.9. The molecule has 178 valence electrons. The fourth-order valence-electron chi connectivity index (χ4n) is 7.57. The number of piperidine rings is 1. The summed E-state index contributed by atoms with van der Waals surface area (Å²) >= 11 is 0. The summed E-state index contributed by atoms with van der Waals surface area (Å²) in [6.45, 7) is 13.5. The van der Waals surface area contributed by atoms with Crippen molar-refractivity contribution in [2.24, 2.45) is 22.7 Å². The number of ether oxygens (including phenoxy) is 1. The predicted octanol–water partition coefficient (Wildman–Crippen LogP) is 6.54. The summed E-state index contributed by atoms with van der Waals surface area (Å²) in [5, 5.41) is 0. The van der Waals surface area contributed by atoms with Crippen molar-refractivity contribution >= 4 is 5.97 Å². The van der Waals surface area contributed by atoms with E-state index in [9.17, 15) is 4.79 Å². The van der Waals surface area contributed by atoms with Gasteiger partial charge in [-0.2, -0.15) is 0 Å². The third-order valence-corrected chi connectivity index (χ3v) is 9.50. The molecule has 32 heavy (non-hydrogen) atoms. The Kier molecular flexibility index (Phi) is 6.91. The van der Waals surface area contributed by atoms with Crippen LogP contribution in [0.3, 0.4) is 0 Å². The number of rotatable bonds is 6. The van der Waals surface area contributed by atoms with Gasteiger partial charge in [0.15, 0.2) is 0 Å². The van der Waals surface area contributed by atoms with Crippen LogP contribution < -0.4 is 0 Å². The van der Waals surface area contributed by atoms with Gasteiger partial charge in [-0.1, -0.05) is 31.9 Å². The van der Waals surface area contributed by atoms with Crippen molar-refractivity contribution in [3.8, 4) is 0 Å². The molecule has 5 atom stereocenters. The second-order valence-electron chi connectivity index (χ2n) is 11.3. The Hall–Kier alpha value is -1.55. The Bertz CT molecular complexity index is 828. The quantitative estimate of drug-likeness (QED) is 0.371. The molecule has 1 aromatic rings. The summed E-state index contributed by atoms with van der Waals surface area (Å²) in [7, 11) is 1.54. The minimum Gasteiger partial charge on any atom is -0.469 e. The lowest BCUT2D eigenvalue weighted by atomic mass is 9.46. The minimum atomic E-state index is -0.369. The number of hydrogen-bond donors (Lipinski definition) is 0. The van der Waals surface area contributed by atoms with E-state index in [4.69, 9.17) is 9.15 Å². The smallest absolute Gasteiger partial charge is 0.311 e. The van der Waals surface area contributed by atoms with E-state index in [1.165, 1.54) is 43.4 Å². The largest absolute Gasteiger partial charge is 0.469 e. The maximum absolute atomic E-state index is 12.8. The second-order valence-corrected chi connectivity index (χ2v) is 11.3. The van der Waals surface area contributed by atoms with Gasteiger partial charge in [0.1, 0.15) is 5.76 Å². The van der Waals surface area contributed by atoms with E-state index in [1.54, 1.807) is 7.11 Å². The Morgan fingerprint density at radius 1 is 1.25 bits per heavy atom. The molecule has 4 nitrogen and oxygen atoms in total. The van der Waals surface area contributed by atoms with Gasteiger partial charge in [0.25, 0.3) is 0 Å². The Morgan fingerprint density at radius 2 is 2.06 bits per heavy atom. The van der Waals surface area contributed by atoms with Crippen LogP contribution in [-0.2, 0) is 22.5 Å². The van der Waals surface area contributed by atoms with Crippen LogP contribution in [0.5, 0.6) is 0 Å². The molecule has 4 rings (SSSR count). The normalized spacial score (nSPS) is 36.0. The van der Waals surface area contributed by atoms with Gasteiger partial charge in [0, 0.05) is 6.04 Å². The zero-order valence-corrected chi connectivity index (χ0v) is 20.8. The van der Waals surface area contributed by atoms with Crippen molar-refractivity contribution < 1.29 is 13.9 Å². The lowest BCUT2D eigenvalue weighted by Crippen LogP contribution is -2.53. The first kappa shape index (κ1) is 23.6. The number of fused-ring (bicyclic) bond motifs is 1. The molecule has 2 saturated carbocycles. The number of hydrogen-bond acceptors (Lipinski definition) is 4. The van der Waals surface area contributed by atoms with Gasteiger partial charge in [0.05, 0.1) is 25.3 Å². The minimum absolute atomic E-state index is 0.0209. The van der Waals surface area contributed by atoms with Crippen molar-refractivity contribution in [1.82, 2.24) is 4.90 Å². The SMILES string of the molecule is C=C1CC[C@H]2[C@](C)(CCC[C@]2(C)C(=O)OC)[C@H]1CCc1ccoc1CN1CCCC[C@@H]1C. The number of carbonyl (C=O) groups excluding carboxylic acids is 1. The van der Waals surface area contributed by atoms with E-state index < -0.39 is 0 Å². The molecule has 0 aromatic carbocycles. The molecule has 0 radical (unpaired) electrons. The highest BCUT2D eigenvalue weighted by Gasteiger charge is 2.57. The number of nitrogens with zero attached hydrogens (tertiary/aromatic N) is 1. The molecule has 0 bridgehead atoms. The first-order chi connectivity index (χ1) is 15.3. The van der Waals surface area contributed by atoms with E-state index in [0.29, 0.717) is 17.9 Å². The predicted molar refractivity (Wildman–Crippen MR) is 128 cm³/mol. The molecular weight excluding hydrogens is 398 g/mol. The summed E-state index contributed by atoms with van der Waals surface area (Å²) in [5.74, 6) is 1.93. The molecule has 0 spiro atoms. The Labute approximate surface area is 194 Å². The Balaban J connectivity index is 1.49. The van der Waals surface area contributed by atoms with Crippen molar-refractivity contribution in [2.45, 2.75) is 97.6 Å². The van der Waals surface area contributed by atoms with E-state index >= 15 is 0 Å². The number of furan rings is 1. The molecule has 3 aliphatic rings. The maximum atomic E-state index is 12.8. The number of likely N-dealkylation sites (tertiary alicyclic amines) is 1. The first-order valence-electron chi connectivity index (χ1n) is 12.8. The van der Waals surface area contributed by atoms with Gasteiger partial charge >= 0.3 is 5.97 Å². The van der Waals surface area contributed by atoms with Gasteiger partial charge in [-0.15, -0.1) is 0 Å². The molecule has 1 aromatic heterocycles. The molecule has 0 amide bonds. The van der Waals surface area contributed by atoms with Gasteiger partial charge < -0.3 is 9.15 Å². The summed E-state index contributed by atoms with van der Waals surface area (Å²) in [4.78, 5) is 15.4. The monoisotopic (exact) mass is 441 g/mol. The average Bonchev–Trinajstić information content (AvgIpc) is 3.21. The fraction of sp³-hybridized carbons (Fsp3) is 0.750. The molecule has 2 heterocycles. The highest BCUT2D eigenvalue weighted by molar-refractivity contribution is 5.77.